The average molecular weight is 209 g/mol. The Hall–Kier alpha value is -1.89. The van der Waals surface area contributed by atoms with Gasteiger partial charge in [-0.3, -0.25) is 4.98 Å². The first-order valence-electron chi connectivity index (χ1n) is 5.38. The van der Waals surface area contributed by atoms with E-state index in [9.17, 15) is 0 Å². The number of fused-ring (bicyclic) bond motifs is 1. The van der Waals surface area contributed by atoms with Gasteiger partial charge in [-0.15, -0.1) is 0 Å². The van der Waals surface area contributed by atoms with E-state index < -0.39 is 0 Å². The number of nitrogens with zero attached hydrogens (tertiary/aromatic N) is 1. The number of benzene rings is 1. The Morgan fingerprint density at radius 1 is 1.12 bits per heavy atom. The largest absolute Gasteiger partial charge is 0.253 e. The van der Waals surface area contributed by atoms with E-state index >= 15 is 0 Å². The summed E-state index contributed by atoms with van der Waals surface area (Å²) < 4.78 is 0. The summed E-state index contributed by atoms with van der Waals surface area (Å²) in [7, 11) is 0. The Bertz CT molecular complexity index is 565. The minimum atomic E-state index is 1.06. The highest BCUT2D eigenvalue weighted by atomic mass is 14.7. The van der Waals surface area contributed by atoms with E-state index in [2.05, 4.69) is 42.8 Å². The van der Waals surface area contributed by atoms with Crippen LogP contribution in [-0.4, -0.2) is 4.98 Å². The minimum absolute atomic E-state index is 1.06. The summed E-state index contributed by atoms with van der Waals surface area (Å²) in [5.41, 5.74) is 4.57. The molecule has 0 saturated heterocycles. The SMILES string of the molecule is C=C/C=C\c1ccc2ccc(C)nc2c1C. The molecular weight excluding hydrogens is 194 g/mol. The number of aryl methyl sites for hydroxylation is 2. The predicted molar refractivity (Wildman–Crippen MR) is 70.4 cm³/mol. The number of hydrogen-bond donors (Lipinski definition) is 0. The van der Waals surface area contributed by atoms with E-state index in [0.717, 1.165) is 11.2 Å². The Balaban J connectivity index is 2.67. The third kappa shape index (κ3) is 1.89. The van der Waals surface area contributed by atoms with Gasteiger partial charge in [0.2, 0.25) is 0 Å². The fraction of sp³-hybridized carbons (Fsp3) is 0.133. The summed E-state index contributed by atoms with van der Waals surface area (Å²) in [4.78, 5) is 4.58. The first-order valence-corrected chi connectivity index (χ1v) is 5.38. The van der Waals surface area contributed by atoms with Crippen LogP contribution in [0.1, 0.15) is 16.8 Å². The molecule has 2 aromatic rings. The molecule has 0 aliphatic carbocycles. The summed E-state index contributed by atoms with van der Waals surface area (Å²) >= 11 is 0. The highest BCUT2D eigenvalue weighted by Gasteiger charge is 2.02. The number of hydrogen-bond acceptors (Lipinski definition) is 1. The molecule has 0 saturated carbocycles. The topological polar surface area (TPSA) is 12.9 Å². The Kier molecular flexibility index (Phi) is 2.86. The van der Waals surface area contributed by atoms with Crippen LogP contribution in [0.2, 0.25) is 0 Å². The van der Waals surface area contributed by atoms with E-state index in [1.165, 1.54) is 16.5 Å². The molecule has 0 spiro atoms. The Morgan fingerprint density at radius 3 is 2.62 bits per heavy atom. The van der Waals surface area contributed by atoms with Gasteiger partial charge in [0.1, 0.15) is 0 Å². The minimum Gasteiger partial charge on any atom is -0.253 e. The Morgan fingerprint density at radius 2 is 1.88 bits per heavy atom. The average Bonchev–Trinajstić information content (AvgIpc) is 2.29. The zero-order valence-corrected chi connectivity index (χ0v) is 9.70. The van der Waals surface area contributed by atoms with Crippen LogP contribution in [-0.2, 0) is 0 Å². The monoisotopic (exact) mass is 209 g/mol. The molecule has 0 atom stereocenters. The second-order valence-corrected chi connectivity index (χ2v) is 3.90. The van der Waals surface area contributed by atoms with Crippen molar-refractivity contribution >= 4 is 17.0 Å². The van der Waals surface area contributed by atoms with E-state index in [0.29, 0.717) is 0 Å². The van der Waals surface area contributed by atoms with Gasteiger partial charge in [0.25, 0.3) is 0 Å². The summed E-state index contributed by atoms with van der Waals surface area (Å²) in [6.45, 7) is 7.81. The lowest BCUT2D eigenvalue weighted by Gasteiger charge is -2.05. The third-order valence-electron chi connectivity index (χ3n) is 2.71. The predicted octanol–water partition coefficient (Wildman–Crippen LogP) is 4.05. The van der Waals surface area contributed by atoms with Crippen LogP contribution in [0.15, 0.2) is 43.0 Å². The molecule has 0 fully saturated rings. The summed E-state index contributed by atoms with van der Waals surface area (Å²) in [6, 6.07) is 8.39. The number of allylic oxidation sites excluding steroid dienone is 2. The molecule has 1 heteroatoms. The van der Waals surface area contributed by atoms with Crippen LogP contribution in [0.25, 0.3) is 17.0 Å². The van der Waals surface area contributed by atoms with Crippen molar-refractivity contribution in [1.82, 2.24) is 4.98 Å². The molecule has 0 amide bonds. The van der Waals surface area contributed by atoms with Gasteiger partial charge in [-0.25, -0.2) is 0 Å². The highest BCUT2D eigenvalue weighted by Crippen LogP contribution is 2.21. The molecule has 0 unspecified atom stereocenters. The summed E-state index contributed by atoms with van der Waals surface area (Å²) in [6.07, 6.45) is 5.79. The molecule has 1 nitrogen and oxygen atoms in total. The van der Waals surface area contributed by atoms with E-state index in [1.54, 1.807) is 6.08 Å². The fourth-order valence-corrected chi connectivity index (χ4v) is 1.80. The zero-order valence-electron chi connectivity index (χ0n) is 9.70. The van der Waals surface area contributed by atoms with E-state index in [4.69, 9.17) is 0 Å². The van der Waals surface area contributed by atoms with Crippen molar-refractivity contribution in [1.29, 1.82) is 0 Å². The molecule has 0 radical (unpaired) electrons. The number of rotatable bonds is 2. The molecule has 16 heavy (non-hydrogen) atoms. The Labute approximate surface area is 96.1 Å². The van der Waals surface area contributed by atoms with Gasteiger partial charge in [-0.05, 0) is 31.0 Å². The fourth-order valence-electron chi connectivity index (χ4n) is 1.80. The van der Waals surface area contributed by atoms with Gasteiger partial charge in [0.05, 0.1) is 5.52 Å². The summed E-state index contributed by atoms with van der Waals surface area (Å²) in [5.74, 6) is 0. The van der Waals surface area contributed by atoms with Crippen LogP contribution in [0.4, 0.5) is 0 Å². The number of pyridine rings is 1. The van der Waals surface area contributed by atoms with E-state index in [1.807, 2.05) is 19.1 Å². The molecule has 0 aliphatic heterocycles. The molecule has 80 valence electrons. The molecule has 0 bridgehead atoms. The molecular formula is C15H15N. The van der Waals surface area contributed by atoms with Crippen molar-refractivity contribution in [2.24, 2.45) is 0 Å². The maximum atomic E-state index is 4.58. The molecule has 1 heterocycles. The maximum Gasteiger partial charge on any atom is 0.0740 e. The van der Waals surface area contributed by atoms with Crippen LogP contribution in [0.5, 0.6) is 0 Å². The first-order chi connectivity index (χ1) is 7.72. The molecule has 1 aromatic carbocycles. The third-order valence-corrected chi connectivity index (χ3v) is 2.71. The molecule has 0 N–H and O–H groups in total. The van der Waals surface area contributed by atoms with Crippen molar-refractivity contribution in [3.8, 4) is 0 Å². The van der Waals surface area contributed by atoms with Gasteiger partial charge in [0.15, 0.2) is 0 Å². The lowest BCUT2D eigenvalue weighted by molar-refractivity contribution is 1.24. The van der Waals surface area contributed by atoms with Crippen LogP contribution in [0, 0.1) is 13.8 Å². The van der Waals surface area contributed by atoms with Gasteiger partial charge in [-0.2, -0.15) is 0 Å². The highest BCUT2D eigenvalue weighted by molar-refractivity contribution is 5.85. The van der Waals surface area contributed by atoms with Crippen molar-refractivity contribution in [2.45, 2.75) is 13.8 Å². The van der Waals surface area contributed by atoms with Crippen LogP contribution >= 0.6 is 0 Å². The number of aromatic nitrogens is 1. The normalized spacial score (nSPS) is 11.1. The second kappa shape index (κ2) is 4.31. The van der Waals surface area contributed by atoms with Crippen molar-refractivity contribution in [3.63, 3.8) is 0 Å². The van der Waals surface area contributed by atoms with Gasteiger partial charge in [-0.1, -0.05) is 43.0 Å². The maximum absolute atomic E-state index is 4.58. The first kappa shape index (κ1) is 10.6. The van der Waals surface area contributed by atoms with Gasteiger partial charge in [0, 0.05) is 11.1 Å². The van der Waals surface area contributed by atoms with Crippen molar-refractivity contribution < 1.29 is 0 Å². The molecule has 2 rings (SSSR count). The van der Waals surface area contributed by atoms with Crippen molar-refractivity contribution in [3.05, 3.63) is 59.8 Å². The summed E-state index contributed by atoms with van der Waals surface area (Å²) in [5, 5.41) is 1.19. The zero-order chi connectivity index (χ0) is 11.5. The molecule has 1 aromatic heterocycles. The van der Waals surface area contributed by atoms with E-state index in [-0.39, 0.29) is 0 Å². The van der Waals surface area contributed by atoms with Crippen molar-refractivity contribution in [2.75, 3.05) is 0 Å². The lowest BCUT2D eigenvalue weighted by Crippen LogP contribution is -1.89. The quantitative estimate of drug-likeness (QED) is 0.680. The standard InChI is InChI=1S/C15H15N/c1-4-5-6-13-9-10-14-8-7-11(2)16-15(14)12(13)3/h4-10H,1H2,2-3H3/b6-5-. The smallest absolute Gasteiger partial charge is 0.0740 e. The van der Waals surface area contributed by atoms with Gasteiger partial charge < -0.3 is 0 Å². The van der Waals surface area contributed by atoms with Gasteiger partial charge >= 0.3 is 0 Å². The van der Waals surface area contributed by atoms with Crippen LogP contribution < -0.4 is 0 Å². The lowest BCUT2D eigenvalue weighted by atomic mass is 10.0. The molecule has 0 aliphatic rings. The second-order valence-electron chi connectivity index (χ2n) is 3.90. The van der Waals surface area contributed by atoms with Crippen LogP contribution in [0.3, 0.4) is 0 Å².